The van der Waals surface area contributed by atoms with E-state index in [0.29, 0.717) is 6.42 Å². The molecule has 3 aromatic rings. The minimum absolute atomic E-state index is 0.0388. The molecule has 0 atom stereocenters. The Morgan fingerprint density at radius 3 is 2.62 bits per heavy atom. The Bertz CT molecular complexity index is 1100. The van der Waals surface area contributed by atoms with Crippen LogP contribution in [0, 0.1) is 0 Å². The molecule has 0 saturated heterocycles. The molecule has 29 heavy (non-hydrogen) atoms. The van der Waals surface area contributed by atoms with Crippen molar-refractivity contribution in [1.82, 2.24) is 4.98 Å². The second kappa shape index (κ2) is 7.44. The lowest BCUT2D eigenvalue weighted by molar-refractivity contribution is -0.153. The van der Waals surface area contributed by atoms with E-state index in [9.17, 15) is 9.59 Å². The Morgan fingerprint density at radius 1 is 1.10 bits per heavy atom. The summed E-state index contributed by atoms with van der Waals surface area (Å²) in [7, 11) is 0. The predicted octanol–water partition coefficient (Wildman–Crippen LogP) is 4.86. The molecule has 6 heteroatoms. The van der Waals surface area contributed by atoms with Gasteiger partial charge in [0.25, 0.3) is 0 Å². The number of pyridine rings is 1. The van der Waals surface area contributed by atoms with Crippen molar-refractivity contribution < 1.29 is 14.3 Å². The van der Waals surface area contributed by atoms with Gasteiger partial charge >= 0.3 is 5.97 Å². The summed E-state index contributed by atoms with van der Waals surface area (Å²) in [5.41, 5.74) is 4.32. The fourth-order valence-corrected chi connectivity index (χ4v) is 4.28. The maximum absolute atomic E-state index is 12.1. The average Bonchev–Trinajstić information content (AvgIpc) is 3.25. The fourth-order valence-electron chi connectivity index (χ4n) is 3.29. The molecule has 1 N–H and O–H groups in total. The van der Waals surface area contributed by atoms with Crippen molar-refractivity contribution in [3.8, 4) is 20.9 Å². The Morgan fingerprint density at radius 2 is 1.86 bits per heavy atom. The highest BCUT2D eigenvalue weighted by atomic mass is 32.1. The van der Waals surface area contributed by atoms with Crippen molar-refractivity contribution in [1.29, 1.82) is 0 Å². The van der Waals surface area contributed by atoms with E-state index in [2.05, 4.69) is 28.5 Å². The average molecular weight is 407 g/mol. The van der Waals surface area contributed by atoms with Gasteiger partial charge in [-0.1, -0.05) is 6.07 Å². The number of hydrogen-bond donors (Lipinski definition) is 1. The number of carbonyl (C=O) groups is 2. The molecule has 0 unspecified atom stereocenters. The molecule has 1 aromatic carbocycles. The minimum Gasteiger partial charge on any atom is -0.460 e. The number of thiophene rings is 1. The van der Waals surface area contributed by atoms with Gasteiger partial charge in [0.05, 0.1) is 12.8 Å². The van der Waals surface area contributed by atoms with Crippen molar-refractivity contribution >= 4 is 28.9 Å². The molecular weight excluding hydrogens is 384 g/mol. The number of nitrogens with zero attached hydrogens (tertiary/aromatic N) is 1. The molecule has 1 aliphatic heterocycles. The normalized spacial score (nSPS) is 13.1. The molecule has 0 aliphatic carbocycles. The van der Waals surface area contributed by atoms with Crippen LogP contribution in [0.15, 0.2) is 48.8 Å². The summed E-state index contributed by atoms with van der Waals surface area (Å²) in [5.74, 6) is -0.221. The van der Waals surface area contributed by atoms with Crippen LogP contribution in [-0.4, -0.2) is 22.5 Å². The van der Waals surface area contributed by atoms with E-state index in [4.69, 9.17) is 4.74 Å². The van der Waals surface area contributed by atoms with Crippen LogP contribution in [0.1, 0.15) is 31.9 Å². The molecule has 0 spiro atoms. The number of hydrogen-bond acceptors (Lipinski definition) is 5. The molecule has 4 rings (SSSR count). The number of rotatable bonds is 4. The van der Waals surface area contributed by atoms with Gasteiger partial charge in [0, 0.05) is 33.4 Å². The zero-order chi connectivity index (χ0) is 20.6. The van der Waals surface area contributed by atoms with E-state index in [1.165, 1.54) is 0 Å². The summed E-state index contributed by atoms with van der Waals surface area (Å²) in [6.07, 6.45) is 4.13. The minimum atomic E-state index is -0.499. The smallest absolute Gasteiger partial charge is 0.310 e. The molecule has 3 heterocycles. The first-order valence-corrected chi connectivity index (χ1v) is 10.3. The number of fused-ring (bicyclic) bond motifs is 1. The summed E-state index contributed by atoms with van der Waals surface area (Å²) in [5, 5.41) is 2.86. The lowest BCUT2D eigenvalue weighted by Gasteiger charge is -2.19. The standard InChI is InChI=1S/C23H22N2O3S/c1-23(2,3)28-22(27)9-14-8-17(13-24-12-14)20-7-6-19(29-20)15-4-5-18-16(10-15)11-21(26)25-18/h4-8,10,12-13H,9,11H2,1-3H3,(H,25,26). The lowest BCUT2D eigenvalue weighted by Crippen LogP contribution is -2.24. The summed E-state index contributed by atoms with van der Waals surface area (Å²) < 4.78 is 5.40. The highest BCUT2D eigenvalue weighted by Crippen LogP contribution is 2.36. The fraction of sp³-hybridized carbons (Fsp3) is 0.261. The van der Waals surface area contributed by atoms with Gasteiger partial charge in [0.2, 0.25) is 5.91 Å². The zero-order valence-electron chi connectivity index (χ0n) is 16.6. The van der Waals surface area contributed by atoms with Gasteiger partial charge in [-0.3, -0.25) is 14.6 Å². The molecule has 0 radical (unpaired) electrons. The Hall–Kier alpha value is -2.99. The van der Waals surface area contributed by atoms with E-state index >= 15 is 0 Å². The topological polar surface area (TPSA) is 68.3 Å². The van der Waals surface area contributed by atoms with E-state index < -0.39 is 5.60 Å². The van der Waals surface area contributed by atoms with Crippen molar-refractivity contribution in [3.63, 3.8) is 0 Å². The van der Waals surface area contributed by atoms with Crippen molar-refractivity contribution in [2.75, 3.05) is 5.32 Å². The number of ether oxygens (including phenoxy) is 1. The van der Waals surface area contributed by atoms with Crippen LogP contribution >= 0.6 is 11.3 Å². The van der Waals surface area contributed by atoms with Gasteiger partial charge in [0.1, 0.15) is 5.60 Å². The first-order valence-electron chi connectivity index (χ1n) is 9.46. The molecule has 0 saturated carbocycles. The molecule has 2 aromatic heterocycles. The van der Waals surface area contributed by atoms with E-state index in [0.717, 1.165) is 37.7 Å². The molecule has 1 aliphatic rings. The number of esters is 1. The van der Waals surface area contributed by atoms with E-state index in [1.807, 2.05) is 39.0 Å². The van der Waals surface area contributed by atoms with Crippen molar-refractivity contribution in [2.24, 2.45) is 0 Å². The monoisotopic (exact) mass is 406 g/mol. The number of aromatic nitrogens is 1. The highest BCUT2D eigenvalue weighted by molar-refractivity contribution is 7.18. The van der Waals surface area contributed by atoms with Gasteiger partial charge in [0.15, 0.2) is 0 Å². The second-order valence-corrected chi connectivity index (χ2v) is 9.19. The third-order valence-electron chi connectivity index (χ3n) is 4.47. The Labute approximate surface area is 173 Å². The summed E-state index contributed by atoms with van der Waals surface area (Å²) in [6.45, 7) is 5.58. The van der Waals surface area contributed by atoms with Gasteiger partial charge in [-0.05, 0) is 67.8 Å². The molecule has 5 nitrogen and oxygen atoms in total. The maximum Gasteiger partial charge on any atom is 0.310 e. The SMILES string of the molecule is CC(C)(C)OC(=O)Cc1cncc(-c2ccc(-c3ccc4c(c3)CC(=O)N4)s2)c1. The van der Waals surface area contributed by atoms with Crippen LogP contribution in [0.4, 0.5) is 5.69 Å². The van der Waals surface area contributed by atoms with Crippen LogP contribution in [-0.2, 0) is 27.2 Å². The molecule has 1 amide bonds. The number of nitrogens with one attached hydrogen (secondary N) is 1. The number of amides is 1. The summed E-state index contributed by atoms with van der Waals surface area (Å²) in [6, 6.07) is 12.2. The van der Waals surface area contributed by atoms with Crippen LogP contribution in [0.5, 0.6) is 0 Å². The largest absolute Gasteiger partial charge is 0.460 e. The van der Waals surface area contributed by atoms with Gasteiger partial charge in [-0.25, -0.2) is 0 Å². The summed E-state index contributed by atoms with van der Waals surface area (Å²) >= 11 is 1.66. The van der Waals surface area contributed by atoms with Crippen molar-refractivity contribution in [2.45, 2.75) is 39.2 Å². The van der Waals surface area contributed by atoms with E-state index in [-0.39, 0.29) is 18.3 Å². The first kappa shape index (κ1) is 19.3. The molecule has 0 bridgehead atoms. The van der Waals surface area contributed by atoms with E-state index in [1.54, 1.807) is 23.7 Å². The number of carbonyl (C=O) groups excluding carboxylic acids is 2. The molecular formula is C23H22N2O3S. The van der Waals surface area contributed by atoms with Gasteiger partial charge in [-0.2, -0.15) is 0 Å². The van der Waals surface area contributed by atoms with Crippen molar-refractivity contribution in [3.05, 3.63) is 59.9 Å². The quantitative estimate of drug-likeness (QED) is 0.629. The predicted molar refractivity (Wildman–Crippen MR) is 115 cm³/mol. The van der Waals surface area contributed by atoms with Gasteiger partial charge < -0.3 is 10.1 Å². The van der Waals surface area contributed by atoms with Crippen LogP contribution < -0.4 is 5.32 Å². The van der Waals surface area contributed by atoms with Crippen LogP contribution in [0.3, 0.4) is 0 Å². The maximum atomic E-state index is 12.1. The lowest BCUT2D eigenvalue weighted by atomic mass is 10.1. The number of anilines is 1. The van der Waals surface area contributed by atoms with Crippen LogP contribution in [0.2, 0.25) is 0 Å². The second-order valence-electron chi connectivity index (χ2n) is 8.11. The first-order chi connectivity index (χ1) is 13.8. The highest BCUT2D eigenvalue weighted by Gasteiger charge is 2.19. The molecule has 148 valence electrons. The zero-order valence-corrected chi connectivity index (χ0v) is 17.4. The third-order valence-corrected chi connectivity index (χ3v) is 5.65. The molecule has 0 fully saturated rings. The third kappa shape index (κ3) is 4.54. The summed E-state index contributed by atoms with van der Waals surface area (Å²) in [4.78, 5) is 30.2. The van der Waals surface area contributed by atoms with Gasteiger partial charge in [-0.15, -0.1) is 11.3 Å². The van der Waals surface area contributed by atoms with Crippen LogP contribution in [0.25, 0.3) is 20.9 Å². The Kier molecular flexibility index (Phi) is 4.96. The number of benzene rings is 1. The Balaban J connectivity index is 1.54.